The number of amides is 7. The monoisotopic (exact) mass is 882 g/mol. The Balaban J connectivity index is 3.28. The number of hydrogen-bond donors (Lipinski definition) is 16. The molecule has 7 amide bonds. The first kappa shape index (κ1) is 53.4. The number of unbranched alkanes of at least 4 members (excludes halogenated alkanes) is 1. The number of phenolic OH excluding ortho intramolecular Hbond substituents is 1. The van der Waals surface area contributed by atoms with Crippen molar-refractivity contribution in [3.8, 4) is 5.75 Å². The Kier molecular flexibility index (Phi) is 24.1. The van der Waals surface area contributed by atoms with Crippen molar-refractivity contribution in [1.29, 1.82) is 0 Å². The van der Waals surface area contributed by atoms with Gasteiger partial charge in [0.15, 0.2) is 5.96 Å². The van der Waals surface area contributed by atoms with Gasteiger partial charge in [-0.25, -0.2) is 4.79 Å². The van der Waals surface area contributed by atoms with Crippen LogP contribution in [0.1, 0.15) is 51.0 Å². The van der Waals surface area contributed by atoms with Gasteiger partial charge in [0.25, 0.3) is 0 Å². The molecule has 1 rings (SSSR count). The standard InChI is InChI=1S/C36H58N12O14/c1-18(42-30(56)21(43-27(52)15-38)6-4-12-41-36(39)40)29(55)47-25(16-49)34(60)46-24(14-28(53)54)33(59)45-23(13-19-7-9-20(51)10-8-19)32(58)44-22(5-2-3-11-37)31(57)48-26(17-50)35(61)62/h7-10,18,21-26,49-51H,2-6,11-17,37-38H2,1H3,(H,42,56)(H,43,52)(H,44,58)(H,45,59)(H,46,60)(H,47,55)(H,48,57)(H,53,54)(H,61,62)(H4,39,40,41)/t18-,21-,22-,23-,24-,25-,26-/m0/s1. The Morgan fingerprint density at radius 2 is 1.10 bits per heavy atom. The van der Waals surface area contributed by atoms with E-state index in [9.17, 15) is 68.7 Å². The van der Waals surface area contributed by atoms with Crippen molar-refractivity contribution in [2.45, 2.75) is 94.2 Å². The number of rotatable bonds is 29. The number of aliphatic hydroxyl groups is 2. The number of nitrogens with one attached hydrogen (secondary N) is 7. The third kappa shape index (κ3) is 20.1. The molecule has 0 fully saturated rings. The van der Waals surface area contributed by atoms with Crippen LogP contribution in [0.4, 0.5) is 0 Å². The maximum Gasteiger partial charge on any atom is 0.328 e. The van der Waals surface area contributed by atoms with E-state index in [2.05, 4.69) is 42.2 Å². The van der Waals surface area contributed by atoms with Gasteiger partial charge in [-0.2, -0.15) is 0 Å². The van der Waals surface area contributed by atoms with Crippen LogP contribution in [0.5, 0.6) is 5.75 Å². The minimum Gasteiger partial charge on any atom is -0.508 e. The third-order valence-electron chi connectivity index (χ3n) is 8.75. The molecular formula is C36H58N12O14. The molecule has 0 saturated heterocycles. The summed E-state index contributed by atoms with van der Waals surface area (Å²) >= 11 is 0. The molecule has 0 spiro atoms. The highest BCUT2D eigenvalue weighted by Crippen LogP contribution is 2.13. The van der Waals surface area contributed by atoms with E-state index in [-0.39, 0.29) is 56.9 Å². The van der Waals surface area contributed by atoms with E-state index in [1.807, 2.05) is 0 Å². The third-order valence-corrected chi connectivity index (χ3v) is 8.75. The van der Waals surface area contributed by atoms with Gasteiger partial charge < -0.3 is 85.7 Å². The van der Waals surface area contributed by atoms with Crippen LogP contribution in [0.15, 0.2) is 29.3 Å². The number of carboxylic acid groups (broad SMARTS) is 2. The van der Waals surface area contributed by atoms with Crippen LogP contribution in [-0.4, -0.2) is 160 Å². The highest BCUT2D eigenvalue weighted by Gasteiger charge is 2.34. The molecule has 20 N–H and O–H groups in total. The van der Waals surface area contributed by atoms with Gasteiger partial charge in [0.2, 0.25) is 41.4 Å². The van der Waals surface area contributed by atoms with Crippen molar-refractivity contribution in [2.75, 3.05) is 32.8 Å². The number of carboxylic acids is 2. The van der Waals surface area contributed by atoms with E-state index >= 15 is 0 Å². The second-order valence-electron chi connectivity index (χ2n) is 13.8. The predicted octanol–water partition coefficient (Wildman–Crippen LogP) is -6.97. The number of carbonyl (C=O) groups is 9. The minimum absolute atomic E-state index is 0.0252. The van der Waals surface area contributed by atoms with Crippen molar-refractivity contribution in [3.05, 3.63) is 29.8 Å². The lowest BCUT2D eigenvalue weighted by atomic mass is 10.0. The number of guanidine groups is 1. The molecule has 26 heteroatoms. The second-order valence-corrected chi connectivity index (χ2v) is 13.8. The molecule has 0 unspecified atom stereocenters. The van der Waals surface area contributed by atoms with E-state index in [1.54, 1.807) is 0 Å². The second kappa shape index (κ2) is 28.0. The zero-order valence-electron chi connectivity index (χ0n) is 34.0. The summed E-state index contributed by atoms with van der Waals surface area (Å²) in [5.41, 5.74) is 21.8. The van der Waals surface area contributed by atoms with Crippen molar-refractivity contribution in [2.24, 2.45) is 27.9 Å². The van der Waals surface area contributed by atoms with Gasteiger partial charge in [0, 0.05) is 13.0 Å². The summed E-state index contributed by atoms with van der Waals surface area (Å²) in [6.07, 6.45) is -0.545. The van der Waals surface area contributed by atoms with E-state index < -0.39 is 122 Å². The number of phenols is 1. The highest BCUT2D eigenvalue weighted by atomic mass is 16.4. The van der Waals surface area contributed by atoms with Crippen molar-refractivity contribution < 1.29 is 68.7 Å². The lowest BCUT2D eigenvalue weighted by Crippen LogP contribution is -2.61. The number of aliphatic hydroxyl groups excluding tert-OH is 2. The Morgan fingerprint density at radius 3 is 1.65 bits per heavy atom. The molecule has 0 heterocycles. The normalized spacial score (nSPS) is 14.1. The van der Waals surface area contributed by atoms with E-state index in [0.29, 0.717) is 12.0 Å². The molecule has 0 aliphatic heterocycles. The number of aromatic hydroxyl groups is 1. The molecule has 0 radical (unpaired) electrons. The first-order chi connectivity index (χ1) is 29.3. The zero-order chi connectivity index (χ0) is 46.9. The van der Waals surface area contributed by atoms with E-state index in [1.165, 1.54) is 31.2 Å². The minimum atomic E-state index is -1.95. The number of aliphatic imine (C=N–C) groups is 1. The molecule has 0 aromatic heterocycles. The van der Waals surface area contributed by atoms with Gasteiger partial charge in [-0.3, -0.25) is 43.3 Å². The van der Waals surface area contributed by atoms with Gasteiger partial charge in [0.05, 0.1) is 26.2 Å². The Morgan fingerprint density at radius 1 is 0.613 bits per heavy atom. The largest absolute Gasteiger partial charge is 0.508 e. The summed E-state index contributed by atoms with van der Waals surface area (Å²) in [6, 6.07) is -5.76. The van der Waals surface area contributed by atoms with Gasteiger partial charge in [0.1, 0.15) is 48.0 Å². The summed E-state index contributed by atoms with van der Waals surface area (Å²) in [6.45, 7) is -0.978. The van der Waals surface area contributed by atoms with Crippen molar-refractivity contribution >= 4 is 59.2 Å². The first-order valence-corrected chi connectivity index (χ1v) is 19.3. The molecule has 0 saturated carbocycles. The summed E-state index contributed by atoms with van der Waals surface area (Å²) in [4.78, 5) is 119. The van der Waals surface area contributed by atoms with Crippen LogP contribution in [0, 0.1) is 0 Å². The van der Waals surface area contributed by atoms with Gasteiger partial charge in [-0.1, -0.05) is 12.1 Å². The molecule has 7 atom stereocenters. The van der Waals surface area contributed by atoms with E-state index in [0.717, 1.165) is 0 Å². The lowest BCUT2D eigenvalue weighted by molar-refractivity contribution is -0.143. The van der Waals surface area contributed by atoms with Gasteiger partial charge >= 0.3 is 11.9 Å². The van der Waals surface area contributed by atoms with Crippen LogP contribution >= 0.6 is 0 Å². The number of nitrogens with zero attached hydrogens (tertiary/aromatic N) is 1. The number of carbonyl (C=O) groups excluding carboxylic acids is 7. The fourth-order valence-corrected chi connectivity index (χ4v) is 5.39. The number of nitrogens with two attached hydrogens (primary N) is 4. The van der Waals surface area contributed by atoms with Crippen LogP contribution in [0.2, 0.25) is 0 Å². The summed E-state index contributed by atoms with van der Waals surface area (Å²) < 4.78 is 0. The average molecular weight is 883 g/mol. The SMILES string of the molecule is C[C@H](NC(=O)[C@H](CCCN=C(N)N)NC(=O)CN)C(=O)N[C@@H](CO)C(=O)N[C@@H](CC(=O)O)C(=O)N[C@@H](Cc1ccc(O)cc1)C(=O)N[C@@H](CCCCN)C(=O)N[C@@H](CO)C(=O)O. The zero-order valence-corrected chi connectivity index (χ0v) is 34.0. The van der Waals surface area contributed by atoms with Crippen LogP contribution in [0.3, 0.4) is 0 Å². The quantitative estimate of drug-likeness (QED) is 0.0202. The Bertz CT molecular complexity index is 1730. The number of hydrogen-bond acceptors (Lipinski definition) is 15. The summed E-state index contributed by atoms with van der Waals surface area (Å²) in [5, 5.41) is 64.0. The van der Waals surface area contributed by atoms with Crippen molar-refractivity contribution in [1.82, 2.24) is 37.2 Å². The smallest absolute Gasteiger partial charge is 0.328 e. The molecule has 1 aromatic carbocycles. The number of benzene rings is 1. The van der Waals surface area contributed by atoms with Crippen LogP contribution in [-0.2, 0) is 49.6 Å². The van der Waals surface area contributed by atoms with Crippen LogP contribution in [0.25, 0.3) is 0 Å². The average Bonchev–Trinajstić information content (AvgIpc) is 3.21. The molecule has 346 valence electrons. The van der Waals surface area contributed by atoms with E-state index in [4.69, 9.17) is 22.9 Å². The fraction of sp³-hybridized carbons (Fsp3) is 0.556. The highest BCUT2D eigenvalue weighted by molar-refractivity contribution is 5.98. The molecule has 0 aliphatic carbocycles. The van der Waals surface area contributed by atoms with Gasteiger partial charge in [-0.15, -0.1) is 0 Å². The summed E-state index contributed by atoms with van der Waals surface area (Å²) in [5.74, 6) is -10.6. The maximum atomic E-state index is 13.8. The lowest BCUT2D eigenvalue weighted by Gasteiger charge is -2.27. The molecule has 1 aromatic rings. The summed E-state index contributed by atoms with van der Waals surface area (Å²) in [7, 11) is 0. The topological polar surface area (TPSA) is 455 Å². The molecular weight excluding hydrogens is 824 g/mol. The maximum absolute atomic E-state index is 13.8. The Labute approximate surface area is 355 Å². The van der Waals surface area contributed by atoms with Gasteiger partial charge in [-0.05, 0) is 63.3 Å². The predicted molar refractivity (Wildman–Crippen MR) is 217 cm³/mol. The first-order valence-electron chi connectivity index (χ1n) is 19.3. The molecule has 62 heavy (non-hydrogen) atoms. The van der Waals surface area contributed by atoms with Crippen molar-refractivity contribution in [3.63, 3.8) is 0 Å². The van der Waals surface area contributed by atoms with Crippen LogP contribution < -0.4 is 60.2 Å². The molecule has 0 bridgehead atoms. The number of aliphatic carboxylic acids is 2. The Hall–Kier alpha value is -6.64. The molecule has 0 aliphatic rings. The molecule has 26 nitrogen and oxygen atoms in total. The fourth-order valence-electron chi connectivity index (χ4n) is 5.39.